The van der Waals surface area contributed by atoms with Gasteiger partial charge < -0.3 is 15.4 Å². The Morgan fingerprint density at radius 2 is 2.36 bits per heavy atom. The third-order valence-electron chi connectivity index (χ3n) is 2.52. The zero-order valence-electron chi connectivity index (χ0n) is 8.94. The van der Waals surface area contributed by atoms with E-state index >= 15 is 0 Å². The summed E-state index contributed by atoms with van der Waals surface area (Å²) in [5.41, 5.74) is 0.163. The average molecular weight is 196 g/mol. The molecule has 1 aliphatic rings. The Morgan fingerprint density at radius 1 is 1.50 bits per heavy atom. The van der Waals surface area contributed by atoms with Crippen molar-refractivity contribution in [3.8, 4) is 12.3 Å². The Morgan fingerprint density at radius 3 is 3.00 bits per heavy atom. The molecular formula is C11H20N2O. The van der Waals surface area contributed by atoms with Crippen molar-refractivity contribution in [2.45, 2.75) is 25.3 Å². The molecule has 1 fully saturated rings. The van der Waals surface area contributed by atoms with Gasteiger partial charge in [0, 0.05) is 25.2 Å². The van der Waals surface area contributed by atoms with Crippen molar-refractivity contribution in [1.29, 1.82) is 0 Å². The Hall–Kier alpha value is -0.560. The van der Waals surface area contributed by atoms with Gasteiger partial charge in [-0.05, 0) is 19.8 Å². The maximum Gasteiger partial charge on any atom is 0.0645 e. The Labute approximate surface area is 86.6 Å². The zero-order chi connectivity index (χ0) is 10.3. The lowest BCUT2D eigenvalue weighted by molar-refractivity contribution is 0.0289. The molecule has 3 heteroatoms. The minimum atomic E-state index is 0.163. The van der Waals surface area contributed by atoms with E-state index in [1.807, 2.05) is 0 Å². The van der Waals surface area contributed by atoms with E-state index in [2.05, 4.69) is 23.5 Å². The molecule has 1 rings (SSSR count). The van der Waals surface area contributed by atoms with Crippen LogP contribution in [-0.4, -0.2) is 38.4 Å². The largest absolute Gasteiger partial charge is 0.380 e. The van der Waals surface area contributed by atoms with Crippen LogP contribution in [0.3, 0.4) is 0 Å². The quantitative estimate of drug-likeness (QED) is 0.492. The highest BCUT2D eigenvalue weighted by molar-refractivity contribution is 4.88. The molecule has 0 aliphatic carbocycles. The van der Waals surface area contributed by atoms with Crippen LogP contribution in [0, 0.1) is 12.3 Å². The minimum Gasteiger partial charge on any atom is -0.380 e. The topological polar surface area (TPSA) is 33.3 Å². The van der Waals surface area contributed by atoms with Gasteiger partial charge in [-0.25, -0.2) is 0 Å². The van der Waals surface area contributed by atoms with E-state index < -0.39 is 0 Å². The smallest absolute Gasteiger partial charge is 0.0645 e. The average Bonchev–Trinajstić information content (AvgIpc) is 2.18. The first kappa shape index (κ1) is 11.5. The number of nitrogens with one attached hydrogen (secondary N) is 2. The van der Waals surface area contributed by atoms with Crippen LogP contribution in [0.2, 0.25) is 0 Å². The molecule has 2 N–H and O–H groups in total. The summed E-state index contributed by atoms with van der Waals surface area (Å²) in [5.74, 6) is 2.55. The lowest BCUT2D eigenvalue weighted by Gasteiger charge is -2.34. The molecule has 0 saturated carbocycles. The van der Waals surface area contributed by atoms with Crippen molar-refractivity contribution in [2.75, 3.05) is 32.8 Å². The molecule has 80 valence electrons. The van der Waals surface area contributed by atoms with E-state index in [1.54, 1.807) is 0 Å². The highest BCUT2D eigenvalue weighted by Gasteiger charge is 2.26. The normalized spacial score (nSPS) is 27.1. The number of hydrogen-bond donors (Lipinski definition) is 2. The maximum atomic E-state index is 5.45. The summed E-state index contributed by atoms with van der Waals surface area (Å²) < 4.78 is 5.45. The van der Waals surface area contributed by atoms with E-state index in [0.717, 1.165) is 32.7 Å². The van der Waals surface area contributed by atoms with Gasteiger partial charge in [0.05, 0.1) is 13.2 Å². The van der Waals surface area contributed by atoms with Crippen LogP contribution < -0.4 is 10.6 Å². The number of hydrogen-bond acceptors (Lipinski definition) is 3. The van der Waals surface area contributed by atoms with Crippen LogP contribution in [0.25, 0.3) is 0 Å². The molecule has 0 amide bonds. The highest BCUT2D eigenvalue weighted by Crippen LogP contribution is 2.17. The summed E-state index contributed by atoms with van der Waals surface area (Å²) in [5, 5.41) is 6.65. The van der Waals surface area contributed by atoms with Gasteiger partial charge in [0.25, 0.3) is 0 Å². The van der Waals surface area contributed by atoms with Gasteiger partial charge in [0.2, 0.25) is 0 Å². The third-order valence-corrected chi connectivity index (χ3v) is 2.52. The molecule has 1 heterocycles. The van der Waals surface area contributed by atoms with Crippen LogP contribution in [0.4, 0.5) is 0 Å². The molecule has 3 nitrogen and oxygen atoms in total. The summed E-state index contributed by atoms with van der Waals surface area (Å²) in [6.07, 6.45) is 7.48. The van der Waals surface area contributed by atoms with E-state index in [9.17, 15) is 0 Å². The monoisotopic (exact) mass is 196 g/mol. The van der Waals surface area contributed by atoms with E-state index in [4.69, 9.17) is 11.2 Å². The Kier molecular flexibility index (Phi) is 4.95. The van der Waals surface area contributed by atoms with Crippen LogP contribution in [0.5, 0.6) is 0 Å². The molecule has 0 spiro atoms. The molecule has 1 saturated heterocycles. The van der Waals surface area contributed by atoms with Crippen molar-refractivity contribution in [3.63, 3.8) is 0 Å². The SMILES string of the molecule is C#CCNCCNC1(C)CCCOC1. The van der Waals surface area contributed by atoms with Crippen LogP contribution in [-0.2, 0) is 4.74 Å². The molecule has 0 radical (unpaired) electrons. The third kappa shape index (κ3) is 4.10. The predicted octanol–water partition coefficient (Wildman–Crippen LogP) is 0.368. The molecular weight excluding hydrogens is 176 g/mol. The Balaban J connectivity index is 2.07. The minimum absolute atomic E-state index is 0.163. The molecule has 0 aromatic carbocycles. The summed E-state index contributed by atoms with van der Waals surface area (Å²) in [7, 11) is 0. The van der Waals surface area contributed by atoms with Crippen molar-refractivity contribution < 1.29 is 4.74 Å². The molecule has 0 aromatic rings. The van der Waals surface area contributed by atoms with Crippen molar-refractivity contribution in [1.82, 2.24) is 10.6 Å². The Bertz CT molecular complexity index is 192. The zero-order valence-corrected chi connectivity index (χ0v) is 8.94. The van der Waals surface area contributed by atoms with E-state index in [-0.39, 0.29) is 5.54 Å². The first-order valence-electron chi connectivity index (χ1n) is 5.24. The second-order valence-corrected chi connectivity index (χ2v) is 4.02. The lowest BCUT2D eigenvalue weighted by atomic mass is 9.95. The van der Waals surface area contributed by atoms with E-state index in [0.29, 0.717) is 6.54 Å². The highest BCUT2D eigenvalue weighted by atomic mass is 16.5. The first-order chi connectivity index (χ1) is 6.77. The molecule has 14 heavy (non-hydrogen) atoms. The fourth-order valence-electron chi connectivity index (χ4n) is 1.69. The molecule has 0 bridgehead atoms. The van der Waals surface area contributed by atoms with Crippen molar-refractivity contribution >= 4 is 0 Å². The predicted molar refractivity (Wildman–Crippen MR) is 58.2 cm³/mol. The van der Waals surface area contributed by atoms with Gasteiger partial charge >= 0.3 is 0 Å². The van der Waals surface area contributed by atoms with Gasteiger partial charge in [-0.1, -0.05) is 5.92 Å². The van der Waals surface area contributed by atoms with Gasteiger partial charge in [-0.3, -0.25) is 0 Å². The summed E-state index contributed by atoms with van der Waals surface area (Å²) in [4.78, 5) is 0. The molecule has 1 atom stereocenters. The molecule has 1 unspecified atom stereocenters. The number of terminal acetylenes is 1. The fourth-order valence-corrected chi connectivity index (χ4v) is 1.69. The van der Waals surface area contributed by atoms with Gasteiger partial charge in [0.15, 0.2) is 0 Å². The lowest BCUT2D eigenvalue weighted by Crippen LogP contribution is -2.50. The fraction of sp³-hybridized carbons (Fsp3) is 0.818. The first-order valence-corrected chi connectivity index (χ1v) is 5.24. The van der Waals surface area contributed by atoms with Gasteiger partial charge in [-0.15, -0.1) is 6.42 Å². The van der Waals surface area contributed by atoms with Crippen molar-refractivity contribution in [3.05, 3.63) is 0 Å². The summed E-state index contributed by atoms with van der Waals surface area (Å²) >= 11 is 0. The second kappa shape index (κ2) is 6.02. The van der Waals surface area contributed by atoms with Gasteiger partial charge in [0.1, 0.15) is 0 Å². The molecule has 0 aromatic heterocycles. The second-order valence-electron chi connectivity index (χ2n) is 4.02. The van der Waals surface area contributed by atoms with Gasteiger partial charge in [-0.2, -0.15) is 0 Å². The summed E-state index contributed by atoms with van der Waals surface area (Å²) in [6.45, 7) is 6.46. The van der Waals surface area contributed by atoms with Crippen molar-refractivity contribution in [2.24, 2.45) is 0 Å². The standard InChI is InChI=1S/C11H20N2O/c1-3-6-12-7-8-13-11(2)5-4-9-14-10-11/h1,12-13H,4-10H2,2H3. The molecule has 1 aliphatic heterocycles. The maximum absolute atomic E-state index is 5.45. The number of rotatable bonds is 5. The van der Waals surface area contributed by atoms with E-state index in [1.165, 1.54) is 6.42 Å². The summed E-state index contributed by atoms with van der Waals surface area (Å²) in [6, 6.07) is 0. The van der Waals surface area contributed by atoms with Crippen LogP contribution >= 0.6 is 0 Å². The number of ether oxygens (including phenoxy) is 1. The van der Waals surface area contributed by atoms with Crippen LogP contribution in [0.15, 0.2) is 0 Å². The van der Waals surface area contributed by atoms with Crippen LogP contribution in [0.1, 0.15) is 19.8 Å².